The van der Waals surface area contributed by atoms with Crippen LogP contribution in [0.25, 0.3) is 0 Å². The topological polar surface area (TPSA) is 81.8 Å². The van der Waals surface area contributed by atoms with Gasteiger partial charge in [-0.1, -0.05) is 19.3 Å². The molecule has 2 aliphatic rings. The predicted octanol–water partition coefficient (Wildman–Crippen LogP) is 0.947. The fraction of sp³-hybridized carbons (Fsp3) is 0.824. The standard InChI is InChI=1S/C17H30N4O3/c1-2-18-17(24)19-15(22)13-20-8-10-21(11-9-20)16(23)12-14-6-4-3-5-7-14/h14H,2-13H2,1H3,(H2,18,19,22,24). The van der Waals surface area contributed by atoms with E-state index in [1.54, 1.807) is 6.92 Å². The average molecular weight is 338 g/mol. The molecule has 7 nitrogen and oxygen atoms in total. The molecule has 0 aromatic rings. The van der Waals surface area contributed by atoms with E-state index in [2.05, 4.69) is 10.6 Å². The number of carbonyl (C=O) groups excluding carboxylic acids is 3. The molecule has 0 radical (unpaired) electrons. The SMILES string of the molecule is CCNC(=O)NC(=O)CN1CCN(C(=O)CC2CCCCC2)CC1. The van der Waals surface area contributed by atoms with E-state index in [4.69, 9.17) is 0 Å². The average Bonchev–Trinajstić information content (AvgIpc) is 2.56. The van der Waals surface area contributed by atoms with E-state index in [0.717, 1.165) is 0 Å². The van der Waals surface area contributed by atoms with E-state index in [1.165, 1.54) is 32.1 Å². The number of hydrogen-bond acceptors (Lipinski definition) is 4. The molecule has 1 saturated heterocycles. The number of carbonyl (C=O) groups is 3. The lowest BCUT2D eigenvalue weighted by molar-refractivity contribution is -0.134. The van der Waals surface area contributed by atoms with Crippen LogP contribution in [-0.4, -0.2) is 66.9 Å². The fourth-order valence-electron chi connectivity index (χ4n) is 3.50. The predicted molar refractivity (Wildman–Crippen MR) is 91.4 cm³/mol. The van der Waals surface area contributed by atoms with Crippen LogP contribution in [-0.2, 0) is 9.59 Å². The van der Waals surface area contributed by atoms with Crippen molar-refractivity contribution in [2.24, 2.45) is 5.92 Å². The van der Waals surface area contributed by atoms with Gasteiger partial charge in [0.2, 0.25) is 11.8 Å². The molecule has 4 amide bonds. The van der Waals surface area contributed by atoms with Gasteiger partial charge in [0.1, 0.15) is 0 Å². The second kappa shape index (κ2) is 9.61. The van der Waals surface area contributed by atoms with Gasteiger partial charge in [-0.05, 0) is 25.7 Å². The first-order chi connectivity index (χ1) is 11.6. The molecular formula is C17H30N4O3. The highest BCUT2D eigenvalue weighted by Crippen LogP contribution is 2.26. The largest absolute Gasteiger partial charge is 0.340 e. The molecule has 1 saturated carbocycles. The van der Waals surface area contributed by atoms with Crippen LogP contribution in [0.3, 0.4) is 0 Å². The molecule has 0 atom stereocenters. The highest BCUT2D eigenvalue weighted by Gasteiger charge is 2.25. The summed E-state index contributed by atoms with van der Waals surface area (Å²) in [6.07, 6.45) is 6.87. The smallest absolute Gasteiger partial charge is 0.321 e. The molecule has 0 spiro atoms. The zero-order chi connectivity index (χ0) is 17.4. The fourth-order valence-corrected chi connectivity index (χ4v) is 3.50. The number of urea groups is 1. The van der Waals surface area contributed by atoms with Crippen LogP contribution in [0.1, 0.15) is 45.4 Å². The molecule has 1 aliphatic heterocycles. The quantitative estimate of drug-likeness (QED) is 0.782. The molecule has 2 N–H and O–H groups in total. The zero-order valence-corrected chi connectivity index (χ0v) is 14.7. The van der Waals surface area contributed by atoms with Crippen molar-refractivity contribution in [3.05, 3.63) is 0 Å². The van der Waals surface area contributed by atoms with Crippen LogP contribution >= 0.6 is 0 Å². The zero-order valence-electron chi connectivity index (χ0n) is 14.7. The summed E-state index contributed by atoms with van der Waals surface area (Å²) in [5.74, 6) is 0.517. The van der Waals surface area contributed by atoms with Crippen molar-refractivity contribution in [1.82, 2.24) is 20.4 Å². The minimum Gasteiger partial charge on any atom is -0.340 e. The monoisotopic (exact) mass is 338 g/mol. The minimum atomic E-state index is -0.455. The van der Waals surface area contributed by atoms with E-state index < -0.39 is 6.03 Å². The Morgan fingerprint density at radius 2 is 1.67 bits per heavy atom. The molecule has 24 heavy (non-hydrogen) atoms. The number of piperazine rings is 1. The molecule has 2 rings (SSSR count). The van der Waals surface area contributed by atoms with Gasteiger partial charge in [-0.25, -0.2) is 4.79 Å². The second-order valence-corrected chi connectivity index (χ2v) is 6.77. The lowest BCUT2D eigenvalue weighted by atomic mass is 9.86. The van der Waals surface area contributed by atoms with Gasteiger partial charge in [0.25, 0.3) is 0 Å². The van der Waals surface area contributed by atoms with E-state index in [-0.39, 0.29) is 18.4 Å². The van der Waals surface area contributed by atoms with Crippen LogP contribution in [0.2, 0.25) is 0 Å². The van der Waals surface area contributed by atoms with Crippen molar-refractivity contribution in [3.8, 4) is 0 Å². The van der Waals surface area contributed by atoms with Crippen LogP contribution in [0.4, 0.5) is 4.79 Å². The maximum atomic E-state index is 12.4. The van der Waals surface area contributed by atoms with Crippen LogP contribution < -0.4 is 10.6 Å². The first-order valence-electron chi connectivity index (χ1n) is 9.16. The number of nitrogens with one attached hydrogen (secondary N) is 2. The first-order valence-corrected chi connectivity index (χ1v) is 9.16. The Morgan fingerprint density at radius 3 is 2.29 bits per heavy atom. The van der Waals surface area contributed by atoms with E-state index in [0.29, 0.717) is 45.1 Å². The Kier molecular flexibility index (Phi) is 7.49. The van der Waals surface area contributed by atoms with Gasteiger partial charge in [0.05, 0.1) is 6.54 Å². The third-order valence-corrected chi connectivity index (χ3v) is 4.87. The van der Waals surface area contributed by atoms with Crippen LogP contribution in [0, 0.1) is 5.92 Å². The normalized spacial score (nSPS) is 19.8. The maximum absolute atomic E-state index is 12.4. The molecular weight excluding hydrogens is 308 g/mol. The summed E-state index contributed by atoms with van der Waals surface area (Å²) in [5, 5.41) is 4.84. The molecule has 0 aromatic heterocycles. The molecule has 0 aromatic carbocycles. The van der Waals surface area contributed by atoms with Crippen molar-refractivity contribution in [3.63, 3.8) is 0 Å². The summed E-state index contributed by atoms with van der Waals surface area (Å²) in [4.78, 5) is 39.4. The molecule has 7 heteroatoms. The lowest BCUT2D eigenvalue weighted by Gasteiger charge is -2.35. The van der Waals surface area contributed by atoms with Gasteiger partial charge < -0.3 is 10.2 Å². The Labute approximate surface area is 144 Å². The molecule has 0 unspecified atom stereocenters. The molecule has 0 bridgehead atoms. The number of imide groups is 1. The van der Waals surface area contributed by atoms with E-state index in [9.17, 15) is 14.4 Å². The Morgan fingerprint density at radius 1 is 1.00 bits per heavy atom. The summed E-state index contributed by atoms with van der Waals surface area (Å²) in [5.41, 5.74) is 0. The summed E-state index contributed by atoms with van der Waals surface area (Å²) in [7, 11) is 0. The van der Waals surface area contributed by atoms with E-state index in [1.807, 2.05) is 9.80 Å². The van der Waals surface area contributed by atoms with Crippen LogP contribution in [0.15, 0.2) is 0 Å². The third-order valence-electron chi connectivity index (χ3n) is 4.87. The summed E-state index contributed by atoms with van der Waals surface area (Å²) in [6.45, 7) is 5.18. The Bertz CT molecular complexity index is 441. The summed E-state index contributed by atoms with van der Waals surface area (Å²) >= 11 is 0. The lowest BCUT2D eigenvalue weighted by Crippen LogP contribution is -2.52. The van der Waals surface area contributed by atoms with Gasteiger partial charge in [-0.2, -0.15) is 0 Å². The van der Waals surface area contributed by atoms with Crippen molar-refractivity contribution >= 4 is 17.8 Å². The number of rotatable bonds is 5. The summed E-state index contributed by atoms with van der Waals surface area (Å²) < 4.78 is 0. The molecule has 2 fully saturated rings. The van der Waals surface area contributed by atoms with Gasteiger partial charge in [0, 0.05) is 39.1 Å². The third kappa shape index (κ3) is 6.11. The van der Waals surface area contributed by atoms with Crippen molar-refractivity contribution in [2.75, 3.05) is 39.3 Å². The van der Waals surface area contributed by atoms with Gasteiger partial charge in [-0.15, -0.1) is 0 Å². The second-order valence-electron chi connectivity index (χ2n) is 6.77. The Hall–Kier alpha value is -1.63. The van der Waals surface area contributed by atoms with Gasteiger partial charge >= 0.3 is 6.03 Å². The first kappa shape index (κ1) is 18.7. The van der Waals surface area contributed by atoms with E-state index >= 15 is 0 Å². The number of amides is 4. The number of nitrogens with zero attached hydrogens (tertiary/aromatic N) is 2. The maximum Gasteiger partial charge on any atom is 0.321 e. The summed E-state index contributed by atoms with van der Waals surface area (Å²) in [6, 6.07) is -0.455. The minimum absolute atomic E-state index is 0.196. The number of hydrogen-bond donors (Lipinski definition) is 2. The molecule has 136 valence electrons. The highest BCUT2D eigenvalue weighted by molar-refractivity contribution is 5.95. The van der Waals surface area contributed by atoms with Crippen molar-refractivity contribution < 1.29 is 14.4 Å². The van der Waals surface area contributed by atoms with Crippen LogP contribution in [0.5, 0.6) is 0 Å². The molecule has 1 aliphatic carbocycles. The molecule has 1 heterocycles. The van der Waals surface area contributed by atoms with Gasteiger partial charge in [0.15, 0.2) is 0 Å². The van der Waals surface area contributed by atoms with Gasteiger partial charge in [-0.3, -0.25) is 19.8 Å². The van der Waals surface area contributed by atoms with Crippen molar-refractivity contribution in [2.45, 2.75) is 45.4 Å². The highest BCUT2D eigenvalue weighted by atomic mass is 16.2. The van der Waals surface area contributed by atoms with Crippen molar-refractivity contribution in [1.29, 1.82) is 0 Å². The Balaban J connectivity index is 1.66.